The minimum absolute atomic E-state index is 0.407. The summed E-state index contributed by atoms with van der Waals surface area (Å²) < 4.78 is 13.8. The quantitative estimate of drug-likeness (QED) is 0.447. The van der Waals surface area contributed by atoms with Gasteiger partial charge in [-0.3, -0.25) is 9.88 Å². The van der Waals surface area contributed by atoms with Gasteiger partial charge in [-0.05, 0) is 35.7 Å². The van der Waals surface area contributed by atoms with Crippen LogP contribution >= 0.6 is 0 Å². The van der Waals surface area contributed by atoms with Crippen molar-refractivity contribution in [1.82, 2.24) is 14.3 Å². The average molecular weight is 428 g/mol. The number of hydrogen-bond donors (Lipinski definition) is 0. The molecule has 0 aliphatic carbocycles. The first-order chi connectivity index (χ1) is 15.8. The van der Waals surface area contributed by atoms with Gasteiger partial charge in [0.2, 0.25) is 0 Å². The van der Waals surface area contributed by atoms with E-state index < -0.39 is 0 Å². The topological polar surface area (TPSA) is 39.0 Å². The summed E-state index contributed by atoms with van der Waals surface area (Å²) in [5, 5.41) is 0. The predicted molar refractivity (Wildman–Crippen MR) is 127 cm³/mol. The Hall–Kier alpha value is -3.15. The average Bonchev–Trinajstić information content (AvgIpc) is 3.21. The van der Waals surface area contributed by atoms with Gasteiger partial charge in [0, 0.05) is 49.7 Å². The molecule has 1 atom stereocenters. The fourth-order valence-electron chi connectivity index (χ4n) is 4.71. The molecule has 0 radical (unpaired) electrons. The van der Waals surface area contributed by atoms with Crippen molar-refractivity contribution < 1.29 is 9.47 Å². The standard InChI is InChI=1S/C27H29N3O2/c1-31-27-11-5-4-9-24(27)23-8-3-2-7-22(23)19-29-15-16-32-20-21(18-29)17-25-26-10-6-13-30(26)14-12-28-25/h2-14,21H,15-20H2,1H3/t21-/m0/s1. The van der Waals surface area contributed by atoms with E-state index >= 15 is 0 Å². The molecule has 5 heteroatoms. The number of nitrogens with zero attached hydrogens (tertiary/aromatic N) is 3. The zero-order valence-electron chi connectivity index (χ0n) is 18.5. The monoisotopic (exact) mass is 427 g/mol. The molecule has 164 valence electrons. The van der Waals surface area contributed by atoms with Crippen molar-refractivity contribution in [3.63, 3.8) is 0 Å². The molecule has 2 aromatic heterocycles. The highest BCUT2D eigenvalue weighted by atomic mass is 16.5. The van der Waals surface area contributed by atoms with E-state index in [2.05, 4.69) is 69.0 Å². The van der Waals surface area contributed by atoms with Crippen molar-refractivity contribution in [3.05, 3.63) is 90.5 Å². The lowest BCUT2D eigenvalue weighted by molar-refractivity contribution is 0.121. The molecule has 0 saturated carbocycles. The molecule has 0 unspecified atom stereocenters. The number of benzene rings is 2. The third-order valence-electron chi connectivity index (χ3n) is 6.24. The van der Waals surface area contributed by atoms with Gasteiger partial charge in [0.15, 0.2) is 0 Å². The van der Waals surface area contributed by atoms with E-state index in [-0.39, 0.29) is 0 Å². The molecule has 2 aromatic carbocycles. The van der Waals surface area contributed by atoms with Gasteiger partial charge in [0.05, 0.1) is 31.5 Å². The van der Waals surface area contributed by atoms with E-state index in [1.165, 1.54) is 16.6 Å². The van der Waals surface area contributed by atoms with Gasteiger partial charge in [0.1, 0.15) is 5.75 Å². The Morgan fingerprint density at radius 1 is 1.00 bits per heavy atom. The van der Waals surface area contributed by atoms with E-state index in [1.807, 2.05) is 24.5 Å². The van der Waals surface area contributed by atoms with Crippen LogP contribution in [0.5, 0.6) is 5.75 Å². The van der Waals surface area contributed by atoms with Crippen LogP contribution < -0.4 is 4.74 Å². The maximum atomic E-state index is 6.00. The molecule has 4 aromatic rings. The molecule has 1 aliphatic heterocycles. The molecule has 0 amide bonds. The van der Waals surface area contributed by atoms with Crippen LogP contribution in [0.15, 0.2) is 79.3 Å². The van der Waals surface area contributed by atoms with E-state index in [1.54, 1.807) is 7.11 Å². The fourth-order valence-corrected chi connectivity index (χ4v) is 4.71. The van der Waals surface area contributed by atoms with Crippen LogP contribution in [0.3, 0.4) is 0 Å². The van der Waals surface area contributed by atoms with Gasteiger partial charge in [-0.1, -0.05) is 42.5 Å². The first-order valence-corrected chi connectivity index (χ1v) is 11.2. The Morgan fingerprint density at radius 2 is 1.84 bits per heavy atom. The zero-order chi connectivity index (χ0) is 21.8. The number of hydrogen-bond acceptors (Lipinski definition) is 4. The minimum Gasteiger partial charge on any atom is -0.496 e. The highest BCUT2D eigenvalue weighted by molar-refractivity contribution is 5.73. The van der Waals surface area contributed by atoms with Gasteiger partial charge >= 0.3 is 0 Å². The van der Waals surface area contributed by atoms with Crippen molar-refractivity contribution in [2.24, 2.45) is 5.92 Å². The van der Waals surface area contributed by atoms with Gasteiger partial charge in [-0.2, -0.15) is 0 Å². The molecule has 0 N–H and O–H groups in total. The van der Waals surface area contributed by atoms with Crippen LogP contribution in [0, 0.1) is 5.92 Å². The van der Waals surface area contributed by atoms with Crippen LogP contribution in [0.4, 0.5) is 0 Å². The Labute approximate surface area is 189 Å². The Kier molecular flexibility index (Phi) is 6.19. The summed E-state index contributed by atoms with van der Waals surface area (Å²) in [7, 11) is 1.73. The smallest absolute Gasteiger partial charge is 0.126 e. The summed E-state index contributed by atoms with van der Waals surface area (Å²) in [5.74, 6) is 1.31. The molecular formula is C27H29N3O2. The van der Waals surface area contributed by atoms with Crippen LogP contribution in [-0.4, -0.2) is 47.7 Å². The minimum atomic E-state index is 0.407. The van der Waals surface area contributed by atoms with Gasteiger partial charge in [0.25, 0.3) is 0 Å². The highest BCUT2D eigenvalue weighted by Gasteiger charge is 2.22. The lowest BCUT2D eigenvalue weighted by Crippen LogP contribution is -2.31. The van der Waals surface area contributed by atoms with E-state index in [0.717, 1.165) is 56.3 Å². The van der Waals surface area contributed by atoms with Crippen molar-refractivity contribution in [1.29, 1.82) is 0 Å². The number of ether oxygens (including phenoxy) is 2. The number of rotatable bonds is 6. The summed E-state index contributed by atoms with van der Waals surface area (Å²) >= 11 is 0. The second-order valence-electron chi connectivity index (χ2n) is 8.41. The van der Waals surface area contributed by atoms with E-state index in [0.29, 0.717) is 5.92 Å². The zero-order valence-corrected chi connectivity index (χ0v) is 18.5. The second kappa shape index (κ2) is 9.55. The van der Waals surface area contributed by atoms with Crippen molar-refractivity contribution >= 4 is 5.52 Å². The SMILES string of the molecule is COc1ccccc1-c1ccccc1CN1CCOC[C@@H](Cc2nccn3cccc23)C1. The van der Waals surface area contributed by atoms with Crippen LogP contribution in [0.1, 0.15) is 11.3 Å². The highest BCUT2D eigenvalue weighted by Crippen LogP contribution is 2.33. The van der Waals surface area contributed by atoms with E-state index in [4.69, 9.17) is 9.47 Å². The summed E-state index contributed by atoms with van der Waals surface area (Å²) in [6.45, 7) is 4.34. The van der Waals surface area contributed by atoms with Crippen molar-refractivity contribution in [2.75, 3.05) is 33.4 Å². The number of aromatic nitrogens is 2. The molecular weight excluding hydrogens is 398 g/mol. The largest absolute Gasteiger partial charge is 0.496 e. The first-order valence-electron chi connectivity index (χ1n) is 11.2. The predicted octanol–water partition coefficient (Wildman–Crippen LogP) is 4.70. The Balaban J connectivity index is 1.36. The second-order valence-corrected chi connectivity index (χ2v) is 8.41. The number of para-hydroxylation sites is 1. The third-order valence-corrected chi connectivity index (χ3v) is 6.24. The molecule has 0 spiro atoms. The number of methoxy groups -OCH3 is 1. The lowest BCUT2D eigenvalue weighted by atomic mass is 9.97. The third kappa shape index (κ3) is 4.40. The Morgan fingerprint density at radius 3 is 2.75 bits per heavy atom. The molecule has 32 heavy (non-hydrogen) atoms. The molecule has 5 rings (SSSR count). The van der Waals surface area contributed by atoms with Crippen molar-refractivity contribution in [3.8, 4) is 16.9 Å². The summed E-state index contributed by atoms with van der Waals surface area (Å²) in [6, 6.07) is 21.1. The maximum Gasteiger partial charge on any atom is 0.126 e. The van der Waals surface area contributed by atoms with Crippen LogP contribution in [0.2, 0.25) is 0 Å². The summed E-state index contributed by atoms with van der Waals surface area (Å²) in [5.41, 5.74) is 6.00. The first kappa shape index (κ1) is 20.7. The van der Waals surface area contributed by atoms with Crippen molar-refractivity contribution in [2.45, 2.75) is 13.0 Å². The molecule has 3 heterocycles. The lowest BCUT2D eigenvalue weighted by Gasteiger charge is -2.25. The van der Waals surface area contributed by atoms with E-state index in [9.17, 15) is 0 Å². The normalized spacial score (nSPS) is 17.3. The van der Waals surface area contributed by atoms with Crippen LogP contribution in [0.25, 0.3) is 16.6 Å². The molecule has 1 saturated heterocycles. The molecule has 0 bridgehead atoms. The summed E-state index contributed by atoms with van der Waals surface area (Å²) in [4.78, 5) is 7.19. The fraction of sp³-hybridized carbons (Fsp3) is 0.296. The molecule has 5 nitrogen and oxygen atoms in total. The molecule has 1 aliphatic rings. The van der Waals surface area contributed by atoms with Gasteiger partial charge in [-0.25, -0.2) is 0 Å². The Bertz CT molecular complexity index is 1190. The maximum absolute atomic E-state index is 6.00. The van der Waals surface area contributed by atoms with Gasteiger partial charge in [-0.15, -0.1) is 0 Å². The van der Waals surface area contributed by atoms with Gasteiger partial charge < -0.3 is 13.9 Å². The molecule has 1 fully saturated rings. The number of fused-ring (bicyclic) bond motifs is 1. The van der Waals surface area contributed by atoms with Crippen LogP contribution in [-0.2, 0) is 17.7 Å². The summed E-state index contributed by atoms with van der Waals surface area (Å²) in [6.07, 6.45) is 6.88.